The van der Waals surface area contributed by atoms with Crippen LogP contribution in [0.1, 0.15) is 11.1 Å². The summed E-state index contributed by atoms with van der Waals surface area (Å²) in [5.74, 6) is -22.2. The van der Waals surface area contributed by atoms with E-state index in [1.54, 1.807) is 0 Å². The number of benzene rings is 3. The average molecular weight is 546 g/mol. The summed E-state index contributed by atoms with van der Waals surface area (Å²) in [6, 6.07) is 5.87. The van der Waals surface area contributed by atoms with Crippen molar-refractivity contribution in [3.63, 3.8) is 0 Å². The lowest BCUT2D eigenvalue weighted by Gasteiger charge is -2.08. The standard InChI is InChI=1S/C22H8F10N6/c23-11-9(12(24)16(28)19(31)15(11)27)5-33-35-21-7-3-1-2-4-8(7)22(38-37-21)36-34-6-10-13(25)17(29)20(32)18(30)14(10)26/h1-6H,(H,35,37)(H,36,38). The van der Waals surface area contributed by atoms with E-state index < -0.39 is 69.3 Å². The second kappa shape index (κ2) is 10.3. The maximum Gasteiger partial charge on any atom is 0.200 e. The van der Waals surface area contributed by atoms with Crippen molar-refractivity contribution in [1.29, 1.82) is 0 Å². The molecule has 0 atom stereocenters. The molecular formula is C22H8F10N6. The fourth-order valence-corrected chi connectivity index (χ4v) is 3.06. The minimum absolute atomic E-state index is 0.171. The number of aromatic nitrogens is 2. The smallest absolute Gasteiger partial charge is 0.200 e. The van der Waals surface area contributed by atoms with E-state index in [0.29, 0.717) is 12.4 Å². The predicted octanol–water partition coefficient (Wildman–Crippen LogP) is 5.91. The second-order valence-corrected chi connectivity index (χ2v) is 7.15. The number of rotatable bonds is 6. The Hall–Kier alpha value is -4.76. The fraction of sp³-hybridized carbons (Fsp3) is 0. The number of nitrogens with one attached hydrogen (secondary N) is 2. The van der Waals surface area contributed by atoms with Gasteiger partial charge in [0.05, 0.1) is 23.6 Å². The molecule has 0 bridgehead atoms. The monoisotopic (exact) mass is 546 g/mol. The normalized spacial score (nSPS) is 11.7. The van der Waals surface area contributed by atoms with Gasteiger partial charge >= 0.3 is 0 Å². The van der Waals surface area contributed by atoms with Crippen LogP contribution < -0.4 is 10.9 Å². The maximum atomic E-state index is 13.8. The Morgan fingerprint density at radius 3 is 1.08 bits per heavy atom. The van der Waals surface area contributed by atoms with Crippen LogP contribution in [-0.4, -0.2) is 22.6 Å². The van der Waals surface area contributed by atoms with E-state index in [9.17, 15) is 43.9 Å². The summed E-state index contributed by atoms with van der Waals surface area (Å²) >= 11 is 0. The molecule has 0 unspecified atom stereocenters. The fourth-order valence-electron chi connectivity index (χ4n) is 3.06. The lowest BCUT2D eigenvalue weighted by molar-refractivity contribution is 0.377. The first-order valence-corrected chi connectivity index (χ1v) is 9.91. The Morgan fingerprint density at radius 2 is 0.763 bits per heavy atom. The SMILES string of the molecule is Fc1c(F)c(F)c(C=NNc2nnc(NN=Cc3c(F)c(F)c(F)c(F)c3F)c3ccccc23)c(F)c1F. The van der Waals surface area contributed by atoms with Gasteiger partial charge in [-0.05, 0) is 0 Å². The van der Waals surface area contributed by atoms with E-state index >= 15 is 0 Å². The molecule has 3 aromatic carbocycles. The molecule has 0 amide bonds. The number of anilines is 2. The van der Waals surface area contributed by atoms with Gasteiger partial charge in [-0.2, -0.15) is 10.2 Å². The zero-order valence-corrected chi connectivity index (χ0v) is 18.0. The van der Waals surface area contributed by atoms with E-state index in [4.69, 9.17) is 0 Å². The molecule has 0 saturated carbocycles. The molecular weight excluding hydrogens is 538 g/mol. The topological polar surface area (TPSA) is 74.6 Å². The minimum Gasteiger partial charge on any atom is -0.259 e. The predicted molar refractivity (Wildman–Crippen MR) is 114 cm³/mol. The average Bonchev–Trinajstić information content (AvgIpc) is 2.93. The summed E-state index contributed by atoms with van der Waals surface area (Å²) in [6.07, 6.45) is 0.653. The van der Waals surface area contributed by atoms with Crippen LogP contribution in [0.3, 0.4) is 0 Å². The minimum atomic E-state index is -2.34. The lowest BCUT2D eigenvalue weighted by atomic mass is 10.2. The van der Waals surface area contributed by atoms with Crippen LogP contribution in [0.4, 0.5) is 55.5 Å². The van der Waals surface area contributed by atoms with Gasteiger partial charge in [-0.15, -0.1) is 10.2 Å². The highest BCUT2D eigenvalue weighted by molar-refractivity contribution is 5.98. The third-order valence-electron chi connectivity index (χ3n) is 4.90. The molecule has 0 aliphatic rings. The first-order valence-electron chi connectivity index (χ1n) is 9.91. The highest BCUT2D eigenvalue weighted by atomic mass is 19.2. The van der Waals surface area contributed by atoms with E-state index in [-0.39, 0.29) is 22.4 Å². The third-order valence-corrected chi connectivity index (χ3v) is 4.90. The van der Waals surface area contributed by atoms with Gasteiger partial charge in [-0.25, -0.2) is 43.9 Å². The Balaban J connectivity index is 1.62. The molecule has 196 valence electrons. The molecule has 4 aromatic rings. The molecule has 6 nitrogen and oxygen atoms in total. The van der Waals surface area contributed by atoms with E-state index in [1.165, 1.54) is 24.3 Å². The maximum absolute atomic E-state index is 13.8. The number of hydrazone groups is 2. The highest BCUT2D eigenvalue weighted by Crippen LogP contribution is 2.27. The van der Waals surface area contributed by atoms with Gasteiger partial charge < -0.3 is 0 Å². The van der Waals surface area contributed by atoms with Crippen molar-refractivity contribution in [3.8, 4) is 0 Å². The van der Waals surface area contributed by atoms with Crippen molar-refractivity contribution in [2.45, 2.75) is 0 Å². The quantitative estimate of drug-likeness (QED) is 0.104. The van der Waals surface area contributed by atoms with Gasteiger partial charge in [-0.1, -0.05) is 24.3 Å². The summed E-state index contributed by atoms with van der Waals surface area (Å²) in [6.45, 7) is 0. The second-order valence-electron chi connectivity index (χ2n) is 7.15. The third kappa shape index (κ3) is 4.55. The first-order chi connectivity index (χ1) is 18.0. The summed E-state index contributed by atoms with van der Waals surface area (Å²) < 4.78 is 135. The Bertz CT molecular complexity index is 1460. The molecule has 0 spiro atoms. The Kier molecular flexibility index (Phi) is 7.14. The highest BCUT2D eigenvalue weighted by Gasteiger charge is 2.26. The first kappa shape index (κ1) is 26.3. The number of halogens is 10. The van der Waals surface area contributed by atoms with Crippen LogP contribution in [0.2, 0.25) is 0 Å². The van der Waals surface area contributed by atoms with Gasteiger partial charge in [-0.3, -0.25) is 10.9 Å². The summed E-state index contributed by atoms with van der Waals surface area (Å²) in [5, 5.41) is 14.7. The van der Waals surface area contributed by atoms with Gasteiger partial charge in [0.1, 0.15) is 0 Å². The molecule has 0 aliphatic carbocycles. The molecule has 0 aliphatic heterocycles. The summed E-state index contributed by atoms with van der Waals surface area (Å²) in [7, 11) is 0. The van der Waals surface area contributed by atoms with Crippen molar-refractivity contribution in [2.75, 3.05) is 10.9 Å². The largest absolute Gasteiger partial charge is 0.259 e. The molecule has 38 heavy (non-hydrogen) atoms. The number of fused-ring (bicyclic) bond motifs is 1. The van der Waals surface area contributed by atoms with Crippen molar-refractivity contribution in [3.05, 3.63) is 93.6 Å². The van der Waals surface area contributed by atoms with Crippen molar-refractivity contribution in [2.24, 2.45) is 10.2 Å². The zero-order valence-electron chi connectivity index (χ0n) is 18.0. The zero-order chi connectivity index (χ0) is 27.7. The van der Waals surface area contributed by atoms with Crippen LogP contribution in [0.5, 0.6) is 0 Å². The van der Waals surface area contributed by atoms with Gasteiger partial charge in [0.15, 0.2) is 58.2 Å². The van der Waals surface area contributed by atoms with Crippen molar-refractivity contribution < 1.29 is 43.9 Å². The summed E-state index contributed by atoms with van der Waals surface area (Å²) in [5.41, 5.74) is 1.80. The number of hydrogen-bond acceptors (Lipinski definition) is 6. The molecule has 1 aromatic heterocycles. The van der Waals surface area contributed by atoms with E-state index in [2.05, 4.69) is 31.3 Å². The van der Waals surface area contributed by atoms with Crippen LogP contribution in [0, 0.1) is 58.2 Å². The molecule has 1 heterocycles. The van der Waals surface area contributed by atoms with E-state index in [1.807, 2.05) is 0 Å². The van der Waals surface area contributed by atoms with Gasteiger partial charge in [0.2, 0.25) is 11.6 Å². The molecule has 2 N–H and O–H groups in total. The molecule has 16 heteroatoms. The van der Waals surface area contributed by atoms with Crippen LogP contribution in [-0.2, 0) is 0 Å². The van der Waals surface area contributed by atoms with Crippen molar-refractivity contribution in [1.82, 2.24) is 10.2 Å². The molecule has 0 fully saturated rings. The molecule has 0 radical (unpaired) electrons. The summed E-state index contributed by atoms with van der Waals surface area (Å²) in [4.78, 5) is 0. The Morgan fingerprint density at radius 1 is 0.474 bits per heavy atom. The van der Waals surface area contributed by atoms with Crippen LogP contribution >= 0.6 is 0 Å². The molecule has 0 saturated heterocycles. The molecule has 4 rings (SSSR count). The van der Waals surface area contributed by atoms with Crippen LogP contribution in [0.15, 0.2) is 34.5 Å². The van der Waals surface area contributed by atoms with Gasteiger partial charge in [0, 0.05) is 10.8 Å². The lowest BCUT2D eigenvalue weighted by Crippen LogP contribution is -2.08. The van der Waals surface area contributed by atoms with E-state index in [0.717, 1.165) is 0 Å². The number of hydrogen-bond donors (Lipinski definition) is 2. The number of nitrogens with zero attached hydrogens (tertiary/aromatic N) is 4. The van der Waals surface area contributed by atoms with Crippen molar-refractivity contribution >= 4 is 34.8 Å². The van der Waals surface area contributed by atoms with Gasteiger partial charge in [0.25, 0.3) is 0 Å². The Labute approximate surface area is 204 Å². The van der Waals surface area contributed by atoms with Crippen LogP contribution in [0.25, 0.3) is 10.8 Å².